The molecule has 0 spiro atoms. The van der Waals surface area contributed by atoms with Crippen LogP contribution >= 0.6 is 0 Å². The minimum Gasteiger partial charge on any atom is -0.493 e. The van der Waals surface area contributed by atoms with Crippen molar-refractivity contribution in [1.82, 2.24) is 15.2 Å². The normalized spacial score (nSPS) is 10.3. The van der Waals surface area contributed by atoms with Gasteiger partial charge in [-0.25, -0.2) is 0 Å². The van der Waals surface area contributed by atoms with Crippen LogP contribution < -0.4 is 19.7 Å². The Labute approximate surface area is 136 Å². The number of anilines is 2. The molecular weight excluding hydrogens is 294 g/mol. The maximum Gasteiger partial charge on any atom is 0.247 e. The first-order chi connectivity index (χ1) is 11.2. The summed E-state index contributed by atoms with van der Waals surface area (Å²) in [5.41, 5.74) is 1.06. The molecule has 7 nitrogen and oxygen atoms in total. The highest BCUT2D eigenvalue weighted by atomic mass is 16.5. The van der Waals surface area contributed by atoms with Crippen molar-refractivity contribution in [2.75, 3.05) is 37.5 Å². The van der Waals surface area contributed by atoms with Crippen molar-refractivity contribution >= 4 is 11.8 Å². The summed E-state index contributed by atoms with van der Waals surface area (Å²) in [6.07, 6.45) is 1.62. The summed E-state index contributed by atoms with van der Waals surface area (Å²) in [5, 5.41) is 11.3. The van der Waals surface area contributed by atoms with Gasteiger partial charge in [0.1, 0.15) is 0 Å². The van der Waals surface area contributed by atoms with E-state index >= 15 is 0 Å². The maximum atomic E-state index is 5.31. The third-order valence-corrected chi connectivity index (χ3v) is 3.52. The molecule has 1 N–H and O–H groups in total. The number of nitrogens with zero attached hydrogens (tertiary/aromatic N) is 4. The smallest absolute Gasteiger partial charge is 0.247 e. The fraction of sp³-hybridized carbons (Fsp3) is 0.438. The van der Waals surface area contributed by atoms with E-state index in [0.29, 0.717) is 29.8 Å². The largest absolute Gasteiger partial charge is 0.493 e. The molecule has 124 valence electrons. The molecule has 1 aromatic heterocycles. The fourth-order valence-corrected chi connectivity index (χ4v) is 2.20. The molecule has 0 unspecified atom stereocenters. The Morgan fingerprint density at radius 3 is 2.48 bits per heavy atom. The number of nitrogens with one attached hydrogen (secondary N) is 1. The zero-order valence-electron chi connectivity index (χ0n) is 14.0. The van der Waals surface area contributed by atoms with Crippen LogP contribution in [-0.4, -0.2) is 42.5 Å². The van der Waals surface area contributed by atoms with Crippen LogP contribution in [-0.2, 0) is 6.54 Å². The van der Waals surface area contributed by atoms with Crippen molar-refractivity contribution < 1.29 is 9.47 Å². The maximum absolute atomic E-state index is 5.31. The van der Waals surface area contributed by atoms with Crippen LogP contribution in [0.4, 0.5) is 11.8 Å². The molecule has 0 saturated heterocycles. The van der Waals surface area contributed by atoms with Crippen molar-refractivity contribution in [2.24, 2.45) is 0 Å². The summed E-state index contributed by atoms with van der Waals surface area (Å²) in [7, 11) is 3.25. The van der Waals surface area contributed by atoms with Gasteiger partial charge in [0.15, 0.2) is 17.3 Å². The van der Waals surface area contributed by atoms with Gasteiger partial charge in [-0.1, -0.05) is 6.07 Å². The lowest BCUT2D eigenvalue weighted by Crippen LogP contribution is -2.24. The predicted molar refractivity (Wildman–Crippen MR) is 90.3 cm³/mol. The van der Waals surface area contributed by atoms with Gasteiger partial charge in [0.25, 0.3) is 0 Å². The van der Waals surface area contributed by atoms with E-state index in [1.165, 1.54) is 0 Å². The lowest BCUT2D eigenvalue weighted by Gasteiger charge is -2.18. The van der Waals surface area contributed by atoms with Gasteiger partial charge in [-0.15, -0.1) is 5.10 Å². The molecule has 1 heterocycles. The number of methoxy groups -OCH3 is 2. The highest BCUT2D eigenvalue weighted by Gasteiger charge is 2.08. The first-order valence-electron chi connectivity index (χ1n) is 7.61. The van der Waals surface area contributed by atoms with Crippen LogP contribution in [0.25, 0.3) is 0 Å². The SMILES string of the molecule is CCN(CC)c1nncc(NCc2ccc(OC)c(OC)c2)n1. The number of aromatic nitrogens is 3. The lowest BCUT2D eigenvalue weighted by molar-refractivity contribution is 0.354. The van der Waals surface area contributed by atoms with E-state index in [9.17, 15) is 0 Å². The Morgan fingerprint density at radius 2 is 1.83 bits per heavy atom. The van der Waals surface area contributed by atoms with Crippen molar-refractivity contribution in [3.8, 4) is 11.5 Å². The van der Waals surface area contributed by atoms with Crippen molar-refractivity contribution in [3.05, 3.63) is 30.0 Å². The Balaban J connectivity index is 2.07. The Bertz CT molecular complexity index is 632. The fourth-order valence-electron chi connectivity index (χ4n) is 2.20. The van der Waals surface area contributed by atoms with E-state index in [1.807, 2.05) is 18.2 Å². The average Bonchev–Trinajstić information content (AvgIpc) is 2.61. The van der Waals surface area contributed by atoms with Crippen LogP contribution in [0.3, 0.4) is 0 Å². The van der Waals surface area contributed by atoms with Crippen LogP contribution in [0.2, 0.25) is 0 Å². The molecule has 2 aromatic rings. The summed E-state index contributed by atoms with van der Waals surface area (Å²) < 4.78 is 10.6. The minimum atomic E-state index is 0.608. The Hall–Kier alpha value is -2.57. The van der Waals surface area contributed by atoms with Gasteiger partial charge in [0, 0.05) is 19.6 Å². The molecule has 0 fully saturated rings. The zero-order valence-corrected chi connectivity index (χ0v) is 14.0. The molecule has 7 heteroatoms. The summed E-state index contributed by atoms with van der Waals surface area (Å²) in [6.45, 7) is 6.43. The van der Waals surface area contributed by atoms with Crippen molar-refractivity contribution in [2.45, 2.75) is 20.4 Å². The van der Waals surface area contributed by atoms with Gasteiger partial charge in [-0.05, 0) is 31.5 Å². The van der Waals surface area contributed by atoms with Crippen LogP contribution in [0.5, 0.6) is 11.5 Å². The summed E-state index contributed by atoms with van der Waals surface area (Å²) in [4.78, 5) is 6.54. The number of hydrogen-bond acceptors (Lipinski definition) is 7. The molecule has 0 aliphatic heterocycles. The second-order valence-electron chi connectivity index (χ2n) is 4.86. The first-order valence-corrected chi connectivity index (χ1v) is 7.61. The molecule has 0 aliphatic rings. The van der Waals surface area contributed by atoms with Gasteiger partial charge >= 0.3 is 0 Å². The second-order valence-corrected chi connectivity index (χ2v) is 4.86. The van der Waals surface area contributed by atoms with Crippen molar-refractivity contribution in [1.29, 1.82) is 0 Å². The third-order valence-electron chi connectivity index (χ3n) is 3.52. The molecule has 0 bridgehead atoms. The third kappa shape index (κ3) is 4.21. The molecule has 2 rings (SSSR count). The predicted octanol–water partition coefficient (Wildman–Crippen LogP) is 2.35. The van der Waals surface area contributed by atoms with Gasteiger partial charge < -0.3 is 19.7 Å². The number of ether oxygens (including phenoxy) is 2. The highest BCUT2D eigenvalue weighted by molar-refractivity contribution is 5.45. The van der Waals surface area contributed by atoms with Crippen LogP contribution in [0.1, 0.15) is 19.4 Å². The van der Waals surface area contributed by atoms with E-state index in [1.54, 1.807) is 20.4 Å². The van der Waals surface area contributed by atoms with E-state index < -0.39 is 0 Å². The monoisotopic (exact) mass is 317 g/mol. The quantitative estimate of drug-likeness (QED) is 0.801. The summed E-state index contributed by atoms with van der Waals surface area (Å²) in [5.74, 6) is 2.74. The van der Waals surface area contributed by atoms with E-state index in [2.05, 4.69) is 39.2 Å². The van der Waals surface area contributed by atoms with E-state index in [4.69, 9.17) is 9.47 Å². The Morgan fingerprint density at radius 1 is 1.09 bits per heavy atom. The van der Waals surface area contributed by atoms with Gasteiger partial charge in [-0.2, -0.15) is 10.1 Å². The zero-order chi connectivity index (χ0) is 16.7. The molecule has 0 aliphatic carbocycles. The topological polar surface area (TPSA) is 72.4 Å². The molecular formula is C16H23N5O2. The summed E-state index contributed by atoms with van der Waals surface area (Å²) in [6, 6.07) is 5.80. The summed E-state index contributed by atoms with van der Waals surface area (Å²) >= 11 is 0. The average molecular weight is 317 g/mol. The van der Waals surface area contributed by atoms with Crippen LogP contribution in [0, 0.1) is 0 Å². The molecule has 0 amide bonds. The number of rotatable bonds is 8. The first kappa shape index (κ1) is 16.8. The molecule has 1 aromatic carbocycles. The van der Waals surface area contributed by atoms with Crippen LogP contribution in [0.15, 0.2) is 24.4 Å². The molecule has 0 atom stereocenters. The van der Waals surface area contributed by atoms with Gasteiger partial charge in [0.05, 0.1) is 20.4 Å². The minimum absolute atomic E-state index is 0.608. The molecule has 23 heavy (non-hydrogen) atoms. The number of hydrogen-bond donors (Lipinski definition) is 1. The number of benzene rings is 1. The highest BCUT2D eigenvalue weighted by Crippen LogP contribution is 2.27. The second kappa shape index (κ2) is 8.17. The molecule has 0 saturated carbocycles. The Kier molecular flexibility index (Phi) is 5.96. The molecule has 0 radical (unpaired) electrons. The van der Waals surface area contributed by atoms with Crippen molar-refractivity contribution in [3.63, 3.8) is 0 Å². The van der Waals surface area contributed by atoms with Gasteiger partial charge in [0.2, 0.25) is 5.95 Å². The van der Waals surface area contributed by atoms with E-state index in [-0.39, 0.29) is 0 Å². The lowest BCUT2D eigenvalue weighted by atomic mass is 10.2. The van der Waals surface area contributed by atoms with E-state index in [0.717, 1.165) is 18.7 Å². The standard InChI is InChI=1S/C16H23N5O2/c1-5-21(6-2)16-19-15(11-18-20-16)17-10-12-7-8-13(22-3)14(9-12)23-4/h7-9,11H,5-6,10H2,1-4H3,(H,17,19,20). The van der Waals surface area contributed by atoms with Gasteiger partial charge in [-0.3, -0.25) is 0 Å².